The molecule has 1 saturated carbocycles. The lowest BCUT2D eigenvalue weighted by Gasteiger charge is -2.37. The zero-order chi connectivity index (χ0) is 26.6. The van der Waals surface area contributed by atoms with E-state index in [9.17, 15) is 19.5 Å². The molecule has 1 amide bonds. The molecular weight excluding hydrogens is 460 g/mol. The molecule has 1 aromatic rings. The number of hydrogen-bond acceptors (Lipinski definition) is 5. The van der Waals surface area contributed by atoms with Gasteiger partial charge in [0, 0.05) is 43.7 Å². The Hall–Kier alpha value is -2.97. The molecule has 2 aliphatic rings. The van der Waals surface area contributed by atoms with Crippen LogP contribution in [-0.2, 0) is 20.0 Å². The van der Waals surface area contributed by atoms with E-state index in [1.54, 1.807) is 0 Å². The van der Waals surface area contributed by atoms with Crippen LogP contribution in [0.2, 0.25) is 0 Å². The van der Waals surface area contributed by atoms with Gasteiger partial charge in [0.1, 0.15) is 0 Å². The van der Waals surface area contributed by atoms with Crippen LogP contribution in [0.5, 0.6) is 0 Å². The second kappa shape index (κ2) is 14.6. The van der Waals surface area contributed by atoms with E-state index in [4.69, 9.17) is 10.2 Å². The molecule has 0 aromatic heterocycles. The molecule has 1 unspecified atom stereocenters. The average molecular weight is 501 g/mol. The fourth-order valence-corrected chi connectivity index (χ4v) is 4.86. The van der Waals surface area contributed by atoms with E-state index < -0.39 is 17.5 Å². The normalized spacial score (nSPS) is 18.6. The Morgan fingerprint density at radius 1 is 0.972 bits per heavy atom. The first-order valence-electron chi connectivity index (χ1n) is 12.7. The summed E-state index contributed by atoms with van der Waals surface area (Å²) in [6.07, 6.45) is 10.4. The van der Waals surface area contributed by atoms with Crippen molar-refractivity contribution >= 4 is 17.8 Å². The summed E-state index contributed by atoms with van der Waals surface area (Å²) in [5, 5.41) is 30.4. The molecule has 1 atom stereocenters. The van der Waals surface area contributed by atoms with Crippen LogP contribution in [0.25, 0.3) is 0 Å². The van der Waals surface area contributed by atoms with Gasteiger partial charge in [-0.3, -0.25) is 4.79 Å². The minimum absolute atomic E-state index is 0.0130. The van der Waals surface area contributed by atoms with Crippen LogP contribution < -0.4 is 5.32 Å². The van der Waals surface area contributed by atoms with Gasteiger partial charge in [0.2, 0.25) is 0 Å². The summed E-state index contributed by atoms with van der Waals surface area (Å²) >= 11 is 0. The zero-order valence-electron chi connectivity index (χ0n) is 21.4. The highest BCUT2D eigenvalue weighted by Gasteiger charge is 2.46. The number of likely N-dealkylation sites (tertiary alicyclic amines) is 1. The van der Waals surface area contributed by atoms with Gasteiger partial charge in [-0.25, -0.2) is 9.59 Å². The van der Waals surface area contributed by atoms with Crippen LogP contribution in [0.1, 0.15) is 64.4 Å². The predicted octanol–water partition coefficient (Wildman–Crippen LogP) is 3.71. The molecule has 1 saturated heterocycles. The van der Waals surface area contributed by atoms with E-state index in [2.05, 4.69) is 30.1 Å². The van der Waals surface area contributed by atoms with Crippen molar-refractivity contribution < 1.29 is 29.7 Å². The summed E-state index contributed by atoms with van der Waals surface area (Å²) in [6.45, 7) is 7.38. The molecule has 8 nitrogen and oxygen atoms in total. The van der Waals surface area contributed by atoms with E-state index in [-0.39, 0.29) is 17.9 Å². The summed E-state index contributed by atoms with van der Waals surface area (Å²) in [7, 11) is 0. The van der Waals surface area contributed by atoms with Crippen molar-refractivity contribution in [3.63, 3.8) is 0 Å². The summed E-state index contributed by atoms with van der Waals surface area (Å²) in [4.78, 5) is 34.8. The third-order valence-electron chi connectivity index (χ3n) is 6.80. The van der Waals surface area contributed by atoms with Crippen molar-refractivity contribution in [2.75, 3.05) is 19.6 Å². The van der Waals surface area contributed by atoms with Crippen molar-refractivity contribution in [1.29, 1.82) is 0 Å². The molecule has 1 aliphatic carbocycles. The zero-order valence-corrected chi connectivity index (χ0v) is 21.4. The second-order valence-corrected chi connectivity index (χ2v) is 9.78. The number of carbonyl (C=O) groups excluding carboxylic acids is 1. The summed E-state index contributed by atoms with van der Waals surface area (Å²) in [5.41, 5.74) is 0.700. The Kier molecular flexibility index (Phi) is 11.8. The molecule has 0 bridgehead atoms. The maximum atomic E-state index is 13.3. The van der Waals surface area contributed by atoms with Gasteiger partial charge in [-0.1, -0.05) is 54.8 Å². The summed E-state index contributed by atoms with van der Waals surface area (Å²) in [6, 6.07) is 9.69. The molecule has 2 fully saturated rings. The SMILES string of the molecule is CC(C)=CCCN1CCC(NC(=O)C(O)(c2ccccc2)C2CCCC2)CC1.O=C(O)/C=C/C(=O)O. The molecule has 0 radical (unpaired) electrons. The number of aliphatic carboxylic acids is 2. The Morgan fingerprint density at radius 2 is 1.53 bits per heavy atom. The third-order valence-corrected chi connectivity index (χ3v) is 6.80. The van der Waals surface area contributed by atoms with Crippen molar-refractivity contribution in [2.45, 2.75) is 70.4 Å². The molecule has 4 N–H and O–H groups in total. The van der Waals surface area contributed by atoms with Crippen molar-refractivity contribution in [1.82, 2.24) is 10.2 Å². The van der Waals surface area contributed by atoms with Gasteiger partial charge in [-0.2, -0.15) is 0 Å². The Bertz CT molecular complexity index is 895. The van der Waals surface area contributed by atoms with Gasteiger partial charge in [-0.05, 0) is 51.5 Å². The number of aliphatic hydroxyl groups is 1. The number of hydrogen-bond donors (Lipinski definition) is 4. The highest BCUT2D eigenvalue weighted by atomic mass is 16.4. The fourth-order valence-electron chi connectivity index (χ4n) is 4.86. The van der Waals surface area contributed by atoms with Crippen LogP contribution >= 0.6 is 0 Å². The molecule has 1 heterocycles. The van der Waals surface area contributed by atoms with E-state index in [0.717, 1.165) is 70.1 Å². The minimum atomic E-state index is -1.40. The lowest BCUT2D eigenvalue weighted by Crippen LogP contribution is -2.54. The van der Waals surface area contributed by atoms with Crippen LogP contribution in [0.15, 0.2) is 54.1 Å². The number of benzene rings is 1. The maximum absolute atomic E-state index is 13.3. The van der Waals surface area contributed by atoms with E-state index in [0.29, 0.717) is 12.2 Å². The third kappa shape index (κ3) is 9.24. The van der Waals surface area contributed by atoms with E-state index in [1.165, 1.54) is 5.57 Å². The van der Waals surface area contributed by atoms with Gasteiger partial charge in [-0.15, -0.1) is 0 Å². The quantitative estimate of drug-likeness (QED) is 0.301. The van der Waals surface area contributed by atoms with Gasteiger partial charge < -0.3 is 25.5 Å². The summed E-state index contributed by atoms with van der Waals surface area (Å²) < 4.78 is 0. The van der Waals surface area contributed by atoms with E-state index in [1.807, 2.05) is 30.3 Å². The number of piperidine rings is 1. The largest absolute Gasteiger partial charge is 0.478 e. The van der Waals surface area contributed by atoms with Crippen molar-refractivity contribution in [3.8, 4) is 0 Å². The van der Waals surface area contributed by atoms with Crippen LogP contribution in [0, 0.1) is 5.92 Å². The lowest BCUT2D eigenvalue weighted by atomic mass is 9.79. The first-order chi connectivity index (χ1) is 17.1. The van der Waals surface area contributed by atoms with Crippen LogP contribution in [0.3, 0.4) is 0 Å². The molecular formula is C28H40N2O6. The van der Waals surface area contributed by atoms with Crippen molar-refractivity contribution in [2.24, 2.45) is 5.92 Å². The molecule has 3 rings (SSSR count). The van der Waals surface area contributed by atoms with Crippen molar-refractivity contribution in [3.05, 3.63) is 59.7 Å². The van der Waals surface area contributed by atoms with E-state index >= 15 is 0 Å². The molecule has 1 aliphatic heterocycles. The Morgan fingerprint density at radius 3 is 2.03 bits per heavy atom. The Balaban J connectivity index is 0.000000493. The van der Waals surface area contributed by atoms with Gasteiger partial charge in [0.25, 0.3) is 5.91 Å². The highest BCUT2D eigenvalue weighted by molar-refractivity contribution is 5.89. The van der Waals surface area contributed by atoms with Gasteiger partial charge in [0.15, 0.2) is 5.60 Å². The molecule has 1 aromatic carbocycles. The monoisotopic (exact) mass is 500 g/mol. The topological polar surface area (TPSA) is 127 Å². The number of amides is 1. The number of allylic oxidation sites excluding steroid dienone is 1. The molecule has 198 valence electrons. The molecule has 0 spiro atoms. The molecule has 36 heavy (non-hydrogen) atoms. The second-order valence-electron chi connectivity index (χ2n) is 9.78. The highest BCUT2D eigenvalue weighted by Crippen LogP contribution is 2.41. The first-order valence-corrected chi connectivity index (χ1v) is 12.7. The minimum Gasteiger partial charge on any atom is -0.478 e. The van der Waals surface area contributed by atoms with Gasteiger partial charge >= 0.3 is 11.9 Å². The van der Waals surface area contributed by atoms with Crippen LogP contribution in [-0.4, -0.2) is 63.7 Å². The Labute approximate surface area is 213 Å². The average Bonchev–Trinajstić information content (AvgIpc) is 3.40. The number of nitrogens with zero attached hydrogens (tertiary/aromatic N) is 1. The van der Waals surface area contributed by atoms with Crippen LogP contribution in [0.4, 0.5) is 0 Å². The first kappa shape index (κ1) is 29.3. The number of carboxylic acids is 2. The predicted molar refractivity (Wildman–Crippen MR) is 138 cm³/mol. The fraction of sp³-hybridized carbons (Fsp3) is 0.536. The summed E-state index contributed by atoms with van der Waals surface area (Å²) in [5.74, 6) is -2.70. The number of carbonyl (C=O) groups is 3. The smallest absolute Gasteiger partial charge is 0.328 e. The number of carboxylic acid groups (broad SMARTS) is 2. The van der Waals surface area contributed by atoms with Gasteiger partial charge in [0.05, 0.1) is 0 Å². The molecule has 8 heteroatoms. The number of rotatable bonds is 9. The standard InChI is InChI=1S/C24H36N2O2.C4H4O4/c1-19(2)9-8-16-26-17-14-22(15-18-26)25-23(27)24(28,21-12-6-7-13-21)20-10-4-3-5-11-20;5-3(6)1-2-4(7)8/h3-5,9-11,21-22,28H,6-8,12-18H2,1-2H3,(H,25,27);1-2H,(H,5,6)(H,7,8)/b;2-1+. The number of nitrogens with one attached hydrogen (secondary N) is 1. The lowest BCUT2D eigenvalue weighted by molar-refractivity contribution is -0.148. The maximum Gasteiger partial charge on any atom is 0.328 e.